The summed E-state index contributed by atoms with van der Waals surface area (Å²) < 4.78 is 12.0. The Hall–Kier alpha value is -1.05. The van der Waals surface area contributed by atoms with Crippen molar-refractivity contribution in [2.24, 2.45) is 0 Å². The zero-order valence-corrected chi connectivity index (χ0v) is 12.1. The van der Waals surface area contributed by atoms with E-state index >= 15 is 0 Å². The van der Waals surface area contributed by atoms with E-state index in [1.54, 1.807) is 0 Å². The molecular formula is C14H15NOS2. The third kappa shape index (κ3) is 2.25. The molecule has 0 saturated carbocycles. The van der Waals surface area contributed by atoms with Gasteiger partial charge in [0.25, 0.3) is 0 Å². The first-order valence-electron chi connectivity index (χ1n) is 5.76. The molecule has 0 spiro atoms. The van der Waals surface area contributed by atoms with Gasteiger partial charge in [-0.05, 0) is 37.6 Å². The zero-order valence-electron chi connectivity index (χ0n) is 10.5. The van der Waals surface area contributed by atoms with Crippen LogP contribution in [0.15, 0.2) is 41.5 Å². The van der Waals surface area contributed by atoms with Crippen molar-refractivity contribution in [2.75, 3.05) is 5.75 Å². The fraction of sp³-hybridized carbons (Fsp3) is 0.357. The van der Waals surface area contributed by atoms with Crippen LogP contribution in [0, 0.1) is 10.7 Å². The Morgan fingerprint density at radius 1 is 1.28 bits per heavy atom. The van der Waals surface area contributed by atoms with Gasteiger partial charge >= 0.3 is 0 Å². The predicted octanol–water partition coefficient (Wildman–Crippen LogP) is 3.54. The fourth-order valence-corrected chi connectivity index (χ4v) is 5.16. The minimum Gasteiger partial charge on any atom is -0.257 e. The Balaban J connectivity index is 2.53. The highest BCUT2D eigenvalue weighted by Crippen LogP contribution is 2.47. The van der Waals surface area contributed by atoms with Crippen LogP contribution in [0.3, 0.4) is 0 Å². The topological polar surface area (TPSA) is 40.9 Å². The maximum Gasteiger partial charge on any atom is 0.135 e. The third-order valence-electron chi connectivity index (χ3n) is 3.37. The molecule has 0 fully saturated rings. The van der Waals surface area contributed by atoms with Gasteiger partial charge in [0.05, 0.1) is 0 Å². The Labute approximate surface area is 115 Å². The molecule has 1 aliphatic heterocycles. The molecule has 1 aliphatic rings. The normalized spacial score (nSPS) is 27.9. The van der Waals surface area contributed by atoms with Crippen molar-refractivity contribution in [1.29, 1.82) is 5.26 Å². The van der Waals surface area contributed by atoms with Crippen molar-refractivity contribution in [3.8, 4) is 5.40 Å². The van der Waals surface area contributed by atoms with Crippen LogP contribution in [0.25, 0.3) is 0 Å². The quantitative estimate of drug-likeness (QED) is 0.613. The molecule has 0 N–H and O–H groups in total. The average molecular weight is 277 g/mol. The van der Waals surface area contributed by atoms with Gasteiger partial charge in [-0.1, -0.05) is 41.5 Å². The molecule has 1 aromatic carbocycles. The number of rotatable bonds is 2. The summed E-state index contributed by atoms with van der Waals surface area (Å²) in [6.07, 6.45) is 0.688. The van der Waals surface area contributed by atoms with Crippen molar-refractivity contribution < 1.29 is 4.21 Å². The molecule has 2 nitrogen and oxygen atoms in total. The summed E-state index contributed by atoms with van der Waals surface area (Å²) in [5.41, 5.74) is 3.43. The van der Waals surface area contributed by atoms with Crippen LogP contribution in [0.2, 0.25) is 0 Å². The molecule has 18 heavy (non-hydrogen) atoms. The molecule has 2 atom stereocenters. The van der Waals surface area contributed by atoms with Gasteiger partial charge in [-0.3, -0.25) is 4.21 Å². The first-order chi connectivity index (χ1) is 8.60. The average Bonchev–Trinajstić information content (AvgIpc) is 2.37. The molecule has 1 heterocycles. The van der Waals surface area contributed by atoms with E-state index in [0.717, 1.165) is 17.3 Å². The van der Waals surface area contributed by atoms with Gasteiger partial charge in [0.1, 0.15) is 9.48 Å². The number of nitrogens with zero attached hydrogens (tertiary/aromatic N) is 1. The highest BCUT2D eigenvalue weighted by atomic mass is 32.2. The van der Waals surface area contributed by atoms with E-state index in [-0.39, 0.29) is 0 Å². The van der Waals surface area contributed by atoms with Crippen molar-refractivity contribution in [2.45, 2.75) is 24.3 Å². The van der Waals surface area contributed by atoms with Crippen molar-refractivity contribution in [3.63, 3.8) is 0 Å². The van der Waals surface area contributed by atoms with Gasteiger partial charge in [-0.25, -0.2) is 0 Å². The Kier molecular flexibility index (Phi) is 3.94. The molecular weight excluding hydrogens is 262 g/mol. The summed E-state index contributed by atoms with van der Waals surface area (Å²) in [6, 6.07) is 9.75. The second-order valence-electron chi connectivity index (χ2n) is 4.54. The van der Waals surface area contributed by atoms with E-state index in [2.05, 4.69) is 12.3 Å². The molecule has 0 unspecified atom stereocenters. The highest BCUT2D eigenvalue weighted by molar-refractivity contribution is 8.14. The maximum absolute atomic E-state index is 12.6. The third-order valence-corrected chi connectivity index (χ3v) is 6.79. The first kappa shape index (κ1) is 13.4. The van der Waals surface area contributed by atoms with Crippen molar-refractivity contribution in [3.05, 3.63) is 47.0 Å². The predicted molar refractivity (Wildman–Crippen MR) is 77.3 cm³/mol. The largest absolute Gasteiger partial charge is 0.257 e. The van der Waals surface area contributed by atoms with Crippen molar-refractivity contribution >= 4 is 22.6 Å². The SMILES string of the molecule is CC1=C(C)C[C@@](SC#N)(c2ccccc2)[S@@](=O)C1. The van der Waals surface area contributed by atoms with Gasteiger partial charge < -0.3 is 0 Å². The molecule has 0 radical (unpaired) electrons. The van der Waals surface area contributed by atoms with Crippen LogP contribution in [-0.2, 0) is 14.9 Å². The molecule has 0 bridgehead atoms. The minimum absolute atomic E-state index is 0.565. The molecule has 2 rings (SSSR count). The molecule has 0 amide bonds. The van der Waals surface area contributed by atoms with Gasteiger partial charge in [0.15, 0.2) is 0 Å². The summed E-state index contributed by atoms with van der Waals surface area (Å²) in [7, 11) is -1.06. The number of nitriles is 1. The van der Waals surface area contributed by atoms with E-state index in [1.807, 2.05) is 37.3 Å². The number of thioether (sulfide) groups is 1. The number of benzene rings is 1. The smallest absolute Gasteiger partial charge is 0.135 e. The standard InChI is InChI=1S/C14H15NOS2/c1-11-8-14(17-10-15,18(16)9-12(11)2)13-6-4-3-5-7-13/h3-7H,8-9H2,1-2H3/t14-,18-/m0/s1. The van der Waals surface area contributed by atoms with Crippen LogP contribution in [0.1, 0.15) is 25.8 Å². The molecule has 0 saturated heterocycles. The number of allylic oxidation sites excluding steroid dienone is 1. The van der Waals surface area contributed by atoms with Crippen LogP contribution < -0.4 is 0 Å². The monoisotopic (exact) mass is 277 g/mol. The summed E-state index contributed by atoms with van der Waals surface area (Å²) in [6.45, 7) is 4.10. The van der Waals surface area contributed by atoms with Crippen LogP contribution >= 0.6 is 11.8 Å². The van der Waals surface area contributed by atoms with Gasteiger partial charge in [-0.2, -0.15) is 5.26 Å². The van der Waals surface area contributed by atoms with Crippen LogP contribution in [0.4, 0.5) is 0 Å². The van der Waals surface area contributed by atoms with E-state index in [1.165, 1.54) is 11.1 Å². The molecule has 0 aromatic heterocycles. The van der Waals surface area contributed by atoms with E-state index in [4.69, 9.17) is 5.26 Å². The lowest BCUT2D eigenvalue weighted by Gasteiger charge is -2.35. The number of thiocyanates is 1. The van der Waals surface area contributed by atoms with Crippen LogP contribution in [-0.4, -0.2) is 9.96 Å². The lowest BCUT2D eigenvalue weighted by Crippen LogP contribution is -2.33. The molecule has 94 valence electrons. The zero-order chi connectivity index (χ0) is 13.2. The van der Waals surface area contributed by atoms with Gasteiger partial charge in [0.2, 0.25) is 0 Å². The molecule has 4 heteroatoms. The minimum atomic E-state index is -1.06. The highest BCUT2D eigenvalue weighted by Gasteiger charge is 2.42. The lowest BCUT2D eigenvalue weighted by molar-refractivity contribution is 0.658. The fourth-order valence-electron chi connectivity index (χ4n) is 2.16. The summed E-state index contributed by atoms with van der Waals surface area (Å²) >= 11 is 1.14. The Morgan fingerprint density at radius 2 is 1.94 bits per heavy atom. The summed E-state index contributed by atoms with van der Waals surface area (Å²) in [5.74, 6) is 0.565. The van der Waals surface area contributed by atoms with Crippen LogP contribution in [0.5, 0.6) is 0 Å². The maximum atomic E-state index is 12.6. The number of hydrogen-bond donors (Lipinski definition) is 0. The van der Waals surface area contributed by atoms with Gasteiger partial charge in [0, 0.05) is 16.6 Å². The van der Waals surface area contributed by atoms with E-state index in [9.17, 15) is 4.21 Å². The lowest BCUT2D eigenvalue weighted by atomic mass is 10.0. The molecule has 1 aromatic rings. The van der Waals surface area contributed by atoms with Crippen molar-refractivity contribution in [1.82, 2.24) is 0 Å². The Morgan fingerprint density at radius 3 is 2.56 bits per heavy atom. The second-order valence-corrected chi connectivity index (χ2v) is 7.56. The first-order valence-corrected chi connectivity index (χ1v) is 7.90. The number of hydrogen-bond acceptors (Lipinski definition) is 3. The molecule has 0 aliphatic carbocycles. The second kappa shape index (κ2) is 5.29. The summed E-state index contributed by atoms with van der Waals surface area (Å²) in [4.78, 5) is 0. The van der Waals surface area contributed by atoms with E-state index in [0.29, 0.717) is 12.2 Å². The van der Waals surface area contributed by atoms with Gasteiger partial charge in [-0.15, -0.1) is 0 Å². The van der Waals surface area contributed by atoms with E-state index < -0.39 is 14.9 Å². The Bertz CT molecular complexity index is 545. The summed E-state index contributed by atoms with van der Waals surface area (Å²) in [5, 5.41) is 11.2.